The first-order chi connectivity index (χ1) is 14.3. The van der Waals surface area contributed by atoms with Crippen LogP contribution in [0.25, 0.3) is 6.08 Å². The molecule has 8 nitrogen and oxygen atoms in total. The maximum atomic E-state index is 12.9. The van der Waals surface area contributed by atoms with E-state index in [1.165, 1.54) is 21.2 Å². The van der Waals surface area contributed by atoms with E-state index in [9.17, 15) is 14.9 Å². The number of anilines is 1. The summed E-state index contributed by atoms with van der Waals surface area (Å²) >= 11 is 6.60. The molecule has 1 aromatic rings. The second kappa shape index (κ2) is 9.31. The lowest BCUT2D eigenvalue weighted by Crippen LogP contribution is -2.46. The van der Waals surface area contributed by atoms with Crippen LogP contribution in [0.5, 0.6) is 0 Å². The zero-order valence-electron chi connectivity index (χ0n) is 17.6. The maximum Gasteiger partial charge on any atom is 0.270 e. The fourth-order valence-corrected chi connectivity index (χ4v) is 4.91. The second-order valence-corrected chi connectivity index (χ2v) is 9.01. The Morgan fingerprint density at radius 3 is 2.50 bits per heavy atom. The predicted molar refractivity (Wildman–Crippen MR) is 123 cm³/mol. The lowest BCUT2D eigenvalue weighted by atomic mass is 10.0. The summed E-state index contributed by atoms with van der Waals surface area (Å²) in [7, 11) is 5.32. The topological polar surface area (TPSA) is 81.8 Å². The van der Waals surface area contributed by atoms with E-state index < -0.39 is 0 Å². The molecule has 0 N–H and O–H groups in total. The van der Waals surface area contributed by atoms with Gasteiger partial charge in [-0.2, -0.15) is 5.26 Å². The lowest BCUT2D eigenvalue weighted by molar-refractivity contribution is -0.122. The number of aromatic nitrogens is 1. The summed E-state index contributed by atoms with van der Waals surface area (Å²) < 4.78 is 7.07. The highest BCUT2D eigenvalue weighted by Gasteiger charge is 2.33. The van der Waals surface area contributed by atoms with E-state index in [1.807, 2.05) is 6.07 Å². The molecule has 10 heteroatoms. The highest BCUT2D eigenvalue weighted by Crippen LogP contribution is 2.35. The van der Waals surface area contributed by atoms with Crippen molar-refractivity contribution in [2.24, 2.45) is 7.05 Å². The number of methoxy groups -OCH3 is 1. The number of ether oxygens (including phenoxy) is 1. The number of likely N-dealkylation sites (N-methyl/N-ethyl adjacent to an activating group) is 1. The van der Waals surface area contributed by atoms with Crippen LogP contribution in [-0.2, 0) is 16.6 Å². The molecular formula is C20H25N5O3S2. The number of carbonyl (C=O) groups is 1. The quantitative estimate of drug-likeness (QED) is 0.491. The molecule has 0 unspecified atom stereocenters. The molecule has 0 radical (unpaired) electrons. The largest absolute Gasteiger partial charge is 0.383 e. The van der Waals surface area contributed by atoms with Gasteiger partial charge in [0, 0.05) is 45.9 Å². The van der Waals surface area contributed by atoms with Crippen molar-refractivity contribution in [3.8, 4) is 6.07 Å². The Morgan fingerprint density at radius 2 is 1.90 bits per heavy atom. The summed E-state index contributed by atoms with van der Waals surface area (Å²) in [4.78, 5) is 32.1. The number of thioether (sulfide) groups is 1. The zero-order chi connectivity index (χ0) is 22.0. The minimum atomic E-state index is -0.325. The van der Waals surface area contributed by atoms with Gasteiger partial charge < -0.3 is 14.5 Å². The summed E-state index contributed by atoms with van der Waals surface area (Å²) in [6.45, 7) is 5.79. The number of pyridine rings is 1. The molecule has 0 aliphatic carbocycles. The van der Waals surface area contributed by atoms with Crippen LogP contribution in [0.4, 0.5) is 5.82 Å². The SMILES string of the molecule is COCCN1C(=O)/C(=C\c2c(C)c(C#N)c(=O)n(C)c2N2CCN(C)CC2)SC1=S. The van der Waals surface area contributed by atoms with Crippen LogP contribution < -0.4 is 10.5 Å². The molecule has 0 bridgehead atoms. The fraction of sp³-hybridized carbons (Fsp3) is 0.500. The molecule has 30 heavy (non-hydrogen) atoms. The van der Waals surface area contributed by atoms with E-state index in [2.05, 4.69) is 16.8 Å². The summed E-state index contributed by atoms with van der Waals surface area (Å²) in [5.74, 6) is 0.546. The van der Waals surface area contributed by atoms with Gasteiger partial charge in [0.1, 0.15) is 21.8 Å². The number of amides is 1. The van der Waals surface area contributed by atoms with Crippen molar-refractivity contribution in [3.63, 3.8) is 0 Å². The number of rotatable bonds is 5. The van der Waals surface area contributed by atoms with Gasteiger partial charge in [-0.15, -0.1) is 0 Å². The van der Waals surface area contributed by atoms with Crippen LogP contribution in [0, 0.1) is 18.3 Å². The monoisotopic (exact) mass is 447 g/mol. The van der Waals surface area contributed by atoms with Crippen molar-refractivity contribution in [1.29, 1.82) is 5.26 Å². The maximum absolute atomic E-state index is 12.9. The van der Waals surface area contributed by atoms with Crippen molar-refractivity contribution in [1.82, 2.24) is 14.4 Å². The Hall–Kier alpha value is -2.19. The fourth-order valence-electron chi connectivity index (χ4n) is 3.62. The summed E-state index contributed by atoms with van der Waals surface area (Å²) in [6.07, 6.45) is 1.77. The van der Waals surface area contributed by atoms with Crippen LogP contribution >= 0.6 is 24.0 Å². The molecule has 2 fully saturated rings. The third-order valence-electron chi connectivity index (χ3n) is 5.44. The standard InChI is InChI=1S/C20H25N5O3S2/c1-13-14(11-16-19(27)25(9-10-28-4)20(29)30-16)17(23(3)18(26)15(13)12-21)24-7-5-22(2)6-8-24/h11H,5-10H2,1-4H3/b16-11+. The van der Waals surface area contributed by atoms with E-state index in [0.717, 1.165) is 32.0 Å². The van der Waals surface area contributed by atoms with Gasteiger partial charge in [0.2, 0.25) is 0 Å². The summed E-state index contributed by atoms with van der Waals surface area (Å²) in [5.41, 5.74) is 1.06. The van der Waals surface area contributed by atoms with Crippen molar-refractivity contribution < 1.29 is 9.53 Å². The summed E-state index contributed by atoms with van der Waals surface area (Å²) in [6, 6.07) is 2.03. The van der Waals surface area contributed by atoms with E-state index in [0.29, 0.717) is 33.5 Å². The van der Waals surface area contributed by atoms with Crippen molar-refractivity contribution in [2.45, 2.75) is 6.92 Å². The molecule has 2 aliphatic rings. The van der Waals surface area contributed by atoms with Gasteiger partial charge in [-0.3, -0.25) is 19.1 Å². The number of hydrogen-bond donors (Lipinski definition) is 0. The first-order valence-electron chi connectivity index (χ1n) is 9.61. The minimum Gasteiger partial charge on any atom is -0.383 e. The molecule has 3 rings (SSSR count). The molecule has 1 aromatic heterocycles. The molecule has 2 saturated heterocycles. The van der Waals surface area contributed by atoms with Crippen LogP contribution in [0.2, 0.25) is 0 Å². The molecule has 0 saturated carbocycles. The van der Waals surface area contributed by atoms with E-state index in [1.54, 1.807) is 27.2 Å². The Balaban J connectivity index is 2.12. The first kappa shape index (κ1) is 22.5. The molecule has 3 heterocycles. The highest BCUT2D eigenvalue weighted by molar-refractivity contribution is 8.26. The predicted octanol–water partition coefficient (Wildman–Crippen LogP) is 1.16. The second-order valence-electron chi connectivity index (χ2n) is 7.33. The molecule has 160 valence electrons. The van der Waals surface area contributed by atoms with Crippen LogP contribution in [0.1, 0.15) is 16.7 Å². The Labute approximate surface area is 185 Å². The third kappa shape index (κ3) is 4.16. The lowest BCUT2D eigenvalue weighted by Gasteiger charge is -2.36. The number of hydrogen-bond acceptors (Lipinski definition) is 8. The Bertz CT molecular complexity index is 1000. The van der Waals surface area contributed by atoms with E-state index in [4.69, 9.17) is 17.0 Å². The highest BCUT2D eigenvalue weighted by atomic mass is 32.2. The van der Waals surface area contributed by atoms with Gasteiger partial charge in [-0.05, 0) is 25.6 Å². The summed E-state index contributed by atoms with van der Waals surface area (Å²) in [5, 5.41) is 9.56. The molecule has 0 atom stereocenters. The average molecular weight is 448 g/mol. The average Bonchev–Trinajstić information content (AvgIpc) is 2.99. The van der Waals surface area contributed by atoms with Crippen molar-refractivity contribution >= 4 is 46.1 Å². The molecule has 2 aliphatic heterocycles. The number of piperazine rings is 1. The van der Waals surface area contributed by atoms with Crippen molar-refractivity contribution in [3.05, 3.63) is 31.9 Å². The van der Waals surface area contributed by atoms with E-state index in [-0.39, 0.29) is 17.0 Å². The van der Waals surface area contributed by atoms with Crippen LogP contribution in [0.15, 0.2) is 9.70 Å². The molecule has 1 amide bonds. The minimum absolute atomic E-state index is 0.0940. The van der Waals surface area contributed by atoms with Gasteiger partial charge in [-0.1, -0.05) is 24.0 Å². The number of nitriles is 1. The number of thiocarbonyl (C=S) groups is 1. The molecular weight excluding hydrogens is 422 g/mol. The Morgan fingerprint density at radius 1 is 1.23 bits per heavy atom. The van der Waals surface area contributed by atoms with Gasteiger partial charge >= 0.3 is 0 Å². The van der Waals surface area contributed by atoms with Gasteiger partial charge in [0.05, 0.1) is 18.1 Å². The van der Waals surface area contributed by atoms with Crippen molar-refractivity contribution in [2.75, 3.05) is 58.4 Å². The molecule has 0 aromatic carbocycles. The van der Waals surface area contributed by atoms with Gasteiger partial charge in [0.15, 0.2) is 0 Å². The Kier molecular flexibility index (Phi) is 6.98. The third-order valence-corrected chi connectivity index (χ3v) is 6.82. The van der Waals surface area contributed by atoms with Gasteiger partial charge in [0.25, 0.3) is 11.5 Å². The smallest absolute Gasteiger partial charge is 0.270 e. The first-order valence-corrected chi connectivity index (χ1v) is 10.8. The normalized spacial score (nSPS) is 19.1. The van der Waals surface area contributed by atoms with Crippen LogP contribution in [0.3, 0.4) is 0 Å². The van der Waals surface area contributed by atoms with Crippen LogP contribution in [-0.4, -0.2) is 78.1 Å². The number of nitrogens with zero attached hydrogens (tertiary/aromatic N) is 5. The van der Waals surface area contributed by atoms with Gasteiger partial charge in [-0.25, -0.2) is 0 Å². The molecule has 0 spiro atoms. The zero-order valence-corrected chi connectivity index (χ0v) is 19.2. The van der Waals surface area contributed by atoms with E-state index >= 15 is 0 Å². The number of carbonyl (C=O) groups excluding carboxylic acids is 1.